The lowest BCUT2D eigenvalue weighted by Crippen LogP contribution is -2.40. The highest BCUT2D eigenvalue weighted by atomic mass is 16.5. The van der Waals surface area contributed by atoms with Crippen molar-refractivity contribution in [2.24, 2.45) is 0 Å². The molecule has 5 nitrogen and oxygen atoms in total. The number of carbonyl (C=O) groups excluding carboxylic acids is 2. The molecular weight excluding hydrogens is 220 g/mol. The predicted octanol–water partition coefficient (Wildman–Crippen LogP) is 0.537. The number of ketones is 1. The predicted molar refractivity (Wildman–Crippen MR) is 64.5 cm³/mol. The van der Waals surface area contributed by atoms with Gasteiger partial charge in [-0.2, -0.15) is 0 Å². The largest absolute Gasteiger partial charge is 0.358 e. The smallest absolute Gasteiger partial charge is 0.212 e. The van der Waals surface area contributed by atoms with E-state index in [-0.39, 0.29) is 18.1 Å². The second-order valence-corrected chi connectivity index (χ2v) is 4.56. The highest BCUT2D eigenvalue weighted by molar-refractivity contribution is 5.83. The van der Waals surface area contributed by atoms with E-state index in [0.29, 0.717) is 19.1 Å². The SMILES string of the molecule is CNC(C)CCOC1CCC(C(C)=O)N1C=O. The topological polar surface area (TPSA) is 58.6 Å². The highest BCUT2D eigenvalue weighted by Gasteiger charge is 2.35. The fourth-order valence-corrected chi connectivity index (χ4v) is 2.05. The molecule has 98 valence electrons. The Morgan fingerprint density at radius 2 is 2.29 bits per heavy atom. The normalized spacial score (nSPS) is 25.9. The van der Waals surface area contributed by atoms with E-state index in [2.05, 4.69) is 12.2 Å². The van der Waals surface area contributed by atoms with E-state index >= 15 is 0 Å². The first-order valence-corrected chi connectivity index (χ1v) is 6.12. The minimum Gasteiger partial charge on any atom is -0.358 e. The van der Waals surface area contributed by atoms with Gasteiger partial charge in [-0.3, -0.25) is 9.59 Å². The first-order valence-electron chi connectivity index (χ1n) is 6.12. The molecule has 1 rings (SSSR count). The van der Waals surface area contributed by atoms with Crippen molar-refractivity contribution in [1.29, 1.82) is 0 Å². The maximum Gasteiger partial charge on any atom is 0.212 e. The van der Waals surface area contributed by atoms with Gasteiger partial charge in [-0.05, 0) is 40.2 Å². The van der Waals surface area contributed by atoms with E-state index in [9.17, 15) is 9.59 Å². The molecule has 0 aromatic rings. The van der Waals surface area contributed by atoms with Crippen molar-refractivity contribution in [2.45, 2.75) is 51.4 Å². The van der Waals surface area contributed by atoms with Crippen molar-refractivity contribution in [3.63, 3.8) is 0 Å². The average molecular weight is 242 g/mol. The van der Waals surface area contributed by atoms with Crippen molar-refractivity contribution in [3.8, 4) is 0 Å². The molecular formula is C12H22N2O3. The van der Waals surface area contributed by atoms with Crippen LogP contribution >= 0.6 is 0 Å². The van der Waals surface area contributed by atoms with Gasteiger partial charge in [0.2, 0.25) is 6.41 Å². The van der Waals surface area contributed by atoms with Crippen molar-refractivity contribution in [1.82, 2.24) is 10.2 Å². The Bertz CT molecular complexity index is 270. The third-order valence-corrected chi connectivity index (χ3v) is 3.32. The summed E-state index contributed by atoms with van der Waals surface area (Å²) in [7, 11) is 1.91. The Morgan fingerprint density at radius 3 is 2.82 bits per heavy atom. The number of nitrogens with zero attached hydrogens (tertiary/aromatic N) is 1. The molecule has 1 N–H and O–H groups in total. The van der Waals surface area contributed by atoms with Gasteiger partial charge in [0.25, 0.3) is 0 Å². The van der Waals surface area contributed by atoms with Gasteiger partial charge in [-0.25, -0.2) is 0 Å². The molecule has 0 aromatic heterocycles. The summed E-state index contributed by atoms with van der Waals surface area (Å²) in [5.74, 6) is 0.0341. The summed E-state index contributed by atoms with van der Waals surface area (Å²) in [5.41, 5.74) is 0. The molecule has 0 radical (unpaired) electrons. The van der Waals surface area contributed by atoms with Gasteiger partial charge in [-0.1, -0.05) is 0 Å². The monoisotopic (exact) mass is 242 g/mol. The van der Waals surface area contributed by atoms with Crippen LogP contribution in [0.4, 0.5) is 0 Å². The van der Waals surface area contributed by atoms with Gasteiger partial charge in [0, 0.05) is 6.04 Å². The van der Waals surface area contributed by atoms with Crippen LogP contribution in [0.2, 0.25) is 0 Å². The first-order chi connectivity index (χ1) is 8.10. The number of likely N-dealkylation sites (tertiary alicyclic amines) is 1. The Labute approximate surface area is 102 Å². The maximum atomic E-state index is 11.3. The Morgan fingerprint density at radius 1 is 1.59 bits per heavy atom. The minimum absolute atomic E-state index is 0.0341. The van der Waals surface area contributed by atoms with E-state index in [4.69, 9.17) is 4.74 Å². The zero-order valence-corrected chi connectivity index (χ0v) is 10.8. The van der Waals surface area contributed by atoms with Crippen molar-refractivity contribution in [3.05, 3.63) is 0 Å². The molecule has 0 aliphatic carbocycles. The fraction of sp³-hybridized carbons (Fsp3) is 0.833. The summed E-state index contributed by atoms with van der Waals surface area (Å²) < 4.78 is 5.66. The van der Waals surface area contributed by atoms with Crippen LogP contribution in [0.25, 0.3) is 0 Å². The molecule has 1 saturated heterocycles. The van der Waals surface area contributed by atoms with Crippen LogP contribution in [0.5, 0.6) is 0 Å². The van der Waals surface area contributed by atoms with Crippen LogP contribution < -0.4 is 5.32 Å². The molecule has 0 spiro atoms. The van der Waals surface area contributed by atoms with Crippen LogP contribution in [-0.4, -0.2) is 49.1 Å². The van der Waals surface area contributed by atoms with E-state index < -0.39 is 0 Å². The van der Waals surface area contributed by atoms with E-state index in [1.54, 1.807) is 0 Å². The fourth-order valence-electron chi connectivity index (χ4n) is 2.05. The number of nitrogens with one attached hydrogen (secondary N) is 1. The highest BCUT2D eigenvalue weighted by Crippen LogP contribution is 2.24. The number of amides is 1. The van der Waals surface area contributed by atoms with E-state index in [1.807, 2.05) is 7.05 Å². The summed E-state index contributed by atoms with van der Waals surface area (Å²) in [6.07, 6.45) is 2.85. The van der Waals surface area contributed by atoms with Gasteiger partial charge in [0.1, 0.15) is 6.23 Å². The van der Waals surface area contributed by atoms with Crippen LogP contribution in [0.15, 0.2) is 0 Å². The number of ether oxygens (including phenoxy) is 1. The lowest BCUT2D eigenvalue weighted by Gasteiger charge is -2.25. The molecule has 3 unspecified atom stereocenters. The Hall–Kier alpha value is -0.940. The lowest BCUT2D eigenvalue weighted by atomic mass is 10.1. The van der Waals surface area contributed by atoms with Gasteiger partial charge in [0.05, 0.1) is 12.6 Å². The molecule has 1 aliphatic rings. The summed E-state index contributed by atoms with van der Waals surface area (Å²) >= 11 is 0. The van der Waals surface area contributed by atoms with Gasteiger partial charge in [0.15, 0.2) is 5.78 Å². The second kappa shape index (κ2) is 6.71. The molecule has 1 aliphatic heterocycles. The summed E-state index contributed by atoms with van der Waals surface area (Å²) in [6.45, 7) is 4.20. The summed E-state index contributed by atoms with van der Waals surface area (Å²) in [4.78, 5) is 23.8. The second-order valence-electron chi connectivity index (χ2n) is 4.56. The zero-order valence-electron chi connectivity index (χ0n) is 10.8. The Balaban J connectivity index is 2.39. The summed E-state index contributed by atoms with van der Waals surface area (Å²) in [5, 5.41) is 3.13. The van der Waals surface area contributed by atoms with Crippen LogP contribution in [0.1, 0.15) is 33.1 Å². The third kappa shape index (κ3) is 3.78. The van der Waals surface area contributed by atoms with Gasteiger partial charge >= 0.3 is 0 Å². The number of hydrogen-bond donors (Lipinski definition) is 1. The number of carbonyl (C=O) groups is 2. The quantitative estimate of drug-likeness (QED) is 0.662. The van der Waals surface area contributed by atoms with Crippen LogP contribution in [0.3, 0.4) is 0 Å². The molecule has 1 amide bonds. The summed E-state index contributed by atoms with van der Waals surface area (Å²) in [6, 6.07) is 0.101. The number of rotatable bonds is 7. The first kappa shape index (κ1) is 14.1. The molecule has 0 saturated carbocycles. The van der Waals surface area contributed by atoms with Crippen molar-refractivity contribution >= 4 is 12.2 Å². The van der Waals surface area contributed by atoms with Crippen molar-refractivity contribution < 1.29 is 14.3 Å². The minimum atomic E-state index is -0.292. The van der Waals surface area contributed by atoms with E-state index in [0.717, 1.165) is 19.3 Å². The Kier molecular flexibility index (Phi) is 5.58. The lowest BCUT2D eigenvalue weighted by molar-refractivity contribution is -0.138. The number of hydrogen-bond acceptors (Lipinski definition) is 4. The average Bonchev–Trinajstić information content (AvgIpc) is 2.71. The maximum absolute atomic E-state index is 11.3. The molecule has 1 fully saturated rings. The standard InChI is InChI=1S/C12H22N2O3/c1-9(13-3)6-7-17-12-5-4-11(10(2)16)14(12)8-15/h8-9,11-13H,4-7H2,1-3H3. The molecule has 5 heteroatoms. The number of Topliss-reactive ketones (excluding diaryl/α,β-unsaturated/α-hetero) is 1. The molecule has 1 heterocycles. The van der Waals surface area contributed by atoms with Crippen LogP contribution in [-0.2, 0) is 14.3 Å². The molecule has 3 atom stereocenters. The molecule has 0 aromatic carbocycles. The van der Waals surface area contributed by atoms with Crippen molar-refractivity contribution in [2.75, 3.05) is 13.7 Å². The third-order valence-electron chi connectivity index (χ3n) is 3.32. The molecule has 17 heavy (non-hydrogen) atoms. The zero-order chi connectivity index (χ0) is 12.8. The van der Waals surface area contributed by atoms with E-state index in [1.165, 1.54) is 11.8 Å². The van der Waals surface area contributed by atoms with Gasteiger partial charge < -0.3 is 15.0 Å². The molecule has 0 bridgehead atoms. The van der Waals surface area contributed by atoms with Gasteiger partial charge in [-0.15, -0.1) is 0 Å². The van der Waals surface area contributed by atoms with Crippen LogP contribution in [0, 0.1) is 0 Å².